The average Bonchev–Trinajstić information content (AvgIpc) is 3.31. The zero-order valence-corrected chi connectivity index (χ0v) is 15.1. The molecule has 0 aliphatic carbocycles. The van der Waals surface area contributed by atoms with Crippen LogP contribution in [0.3, 0.4) is 0 Å². The smallest absolute Gasteiger partial charge is 0.320 e. The van der Waals surface area contributed by atoms with Crippen LogP contribution in [0.15, 0.2) is 34.3 Å². The lowest BCUT2D eigenvalue weighted by Gasteiger charge is -2.09. The van der Waals surface area contributed by atoms with Crippen LogP contribution < -0.4 is 10.6 Å². The van der Waals surface area contributed by atoms with Gasteiger partial charge in [-0.15, -0.1) is 11.3 Å². The number of hydrogen-bond acceptors (Lipinski definition) is 5. The molecule has 132 valence electrons. The molecule has 0 saturated carbocycles. The number of thiophene rings is 1. The minimum Gasteiger partial charge on any atom is -0.361 e. The highest BCUT2D eigenvalue weighted by Crippen LogP contribution is 2.15. The van der Waals surface area contributed by atoms with Gasteiger partial charge in [-0.1, -0.05) is 11.2 Å². The van der Waals surface area contributed by atoms with E-state index in [2.05, 4.69) is 20.9 Å². The van der Waals surface area contributed by atoms with Crippen molar-refractivity contribution in [2.45, 2.75) is 33.2 Å². The van der Waals surface area contributed by atoms with Crippen molar-refractivity contribution in [1.82, 2.24) is 20.3 Å². The second-order valence-corrected chi connectivity index (χ2v) is 6.77. The summed E-state index contributed by atoms with van der Waals surface area (Å²) in [5, 5.41) is 15.9. The number of nitrogens with one attached hydrogen (secondary N) is 2. The van der Waals surface area contributed by atoms with Crippen LogP contribution in [0.4, 0.5) is 10.6 Å². The van der Waals surface area contributed by atoms with Crippen LogP contribution in [-0.4, -0.2) is 27.5 Å². The van der Waals surface area contributed by atoms with Gasteiger partial charge in [0.1, 0.15) is 11.6 Å². The SMILES string of the molecule is Cc1noc(C)c1CCCNC(=O)Nc1ccnn1Cc1cccs1. The number of aromatic nitrogens is 3. The van der Waals surface area contributed by atoms with Crippen LogP contribution in [0, 0.1) is 13.8 Å². The molecular formula is C17H21N5O2S. The lowest BCUT2D eigenvalue weighted by atomic mass is 10.1. The summed E-state index contributed by atoms with van der Waals surface area (Å²) in [6.07, 6.45) is 3.34. The van der Waals surface area contributed by atoms with E-state index in [4.69, 9.17) is 4.52 Å². The predicted octanol–water partition coefficient (Wildman–Crippen LogP) is 3.35. The van der Waals surface area contributed by atoms with E-state index in [0.717, 1.165) is 29.9 Å². The summed E-state index contributed by atoms with van der Waals surface area (Å²) in [7, 11) is 0. The predicted molar refractivity (Wildman–Crippen MR) is 97.0 cm³/mol. The topological polar surface area (TPSA) is 85.0 Å². The van der Waals surface area contributed by atoms with Crippen LogP contribution in [0.5, 0.6) is 0 Å². The van der Waals surface area contributed by atoms with E-state index in [1.807, 2.05) is 31.4 Å². The highest BCUT2D eigenvalue weighted by atomic mass is 32.1. The molecule has 3 aromatic heterocycles. The second kappa shape index (κ2) is 7.98. The Morgan fingerprint density at radius 1 is 1.36 bits per heavy atom. The fraction of sp³-hybridized carbons (Fsp3) is 0.353. The summed E-state index contributed by atoms with van der Waals surface area (Å²) in [5.74, 6) is 1.52. The first kappa shape index (κ1) is 17.2. The summed E-state index contributed by atoms with van der Waals surface area (Å²) in [4.78, 5) is 13.3. The molecule has 8 heteroatoms. The van der Waals surface area contributed by atoms with Crippen molar-refractivity contribution in [3.8, 4) is 0 Å². The van der Waals surface area contributed by atoms with Gasteiger partial charge in [-0.05, 0) is 38.1 Å². The van der Waals surface area contributed by atoms with Crippen LogP contribution in [-0.2, 0) is 13.0 Å². The summed E-state index contributed by atoms with van der Waals surface area (Å²) in [5.41, 5.74) is 2.04. The van der Waals surface area contributed by atoms with Crippen molar-refractivity contribution < 1.29 is 9.32 Å². The highest BCUT2D eigenvalue weighted by Gasteiger charge is 2.10. The van der Waals surface area contributed by atoms with Crippen molar-refractivity contribution >= 4 is 23.2 Å². The van der Waals surface area contributed by atoms with Gasteiger partial charge in [0.25, 0.3) is 0 Å². The third-order valence-electron chi connectivity index (χ3n) is 3.91. The summed E-state index contributed by atoms with van der Waals surface area (Å²) >= 11 is 1.66. The first-order valence-electron chi connectivity index (χ1n) is 8.14. The van der Waals surface area contributed by atoms with Gasteiger partial charge in [0.05, 0.1) is 18.4 Å². The second-order valence-electron chi connectivity index (χ2n) is 5.74. The number of nitrogens with zero attached hydrogens (tertiary/aromatic N) is 3. The van der Waals surface area contributed by atoms with Gasteiger partial charge in [0.2, 0.25) is 0 Å². The molecule has 25 heavy (non-hydrogen) atoms. The Morgan fingerprint density at radius 2 is 2.24 bits per heavy atom. The number of rotatable bonds is 7. The quantitative estimate of drug-likeness (QED) is 0.634. The van der Waals surface area contributed by atoms with Gasteiger partial charge >= 0.3 is 6.03 Å². The standard InChI is InChI=1S/C17H21N5O2S/c1-12-15(13(2)24-21-12)6-3-8-18-17(23)20-16-7-9-19-22(16)11-14-5-4-10-25-14/h4-5,7,9-10H,3,6,8,11H2,1-2H3,(H2,18,20,23). The first-order chi connectivity index (χ1) is 12.1. The molecule has 3 rings (SSSR count). The zero-order valence-electron chi connectivity index (χ0n) is 14.3. The Kier molecular flexibility index (Phi) is 5.49. The van der Waals surface area contributed by atoms with Crippen molar-refractivity contribution in [3.05, 3.63) is 51.7 Å². The molecule has 2 amide bonds. The summed E-state index contributed by atoms with van der Waals surface area (Å²) < 4.78 is 6.91. The van der Waals surface area contributed by atoms with Gasteiger partial charge < -0.3 is 9.84 Å². The molecular weight excluding hydrogens is 338 g/mol. The normalized spacial score (nSPS) is 10.8. The number of aryl methyl sites for hydroxylation is 2. The van der Waals surface area contributed by atoms with Crippen LogP contribution in [0.1, 0.15) is 28.3 Å². The Bertz CT molecular complexity index is 803. The van der Waals surface area contributed by atoms with Gasteiger partial charge in [-0.25, -0.2) is 9.48 Å². The molecule has 2 N–H and O–H groups in total. The monoisotopic (exact) mass is 359 g/mol. The minimum absolute atomic E-state index is 0.230. The number of carbonyl (C=O) groups is 1. The molecule has 3 heterocycles. The van der Waals surface area contributed by atoms with Gasteiger partial charge in [0, 0.05) is 23.1 Å². The Hall–Kier alpha value is -2.61. The number of carbonyl (C=O) groups excluding carboxylic acids is 1. The van der Waals surface area contributed by atoms with Crippen LogP contribution >= 0.6 is 11.3 Å². The molecule has 0 aromatic carbocycles. The molecule has 0 aliphatic rings. The maximum absolute atomic E-state index is 12.1. The third kappa shape index (κ3) is 4.48. The molecule has 3 aromatic rings. The Labute approximate surface area is 150 Å². The minimum atomic E-state index is -0.230. The average molecular weight is 359 g/mol. The van der Waals surface area contributed by atoms with Crippen LogP contribution in [0.25, 0.3) is 0 Å². The Balaban J connectivity index is 1.45. The van der Waals surface area contributed by atoms with Gasteiger partial charge in [0.15, 0.2) is 0 Å². The zero-order chi connectivity index (χ0) is 17.6. The molecule has 0 unspecified atom stereocenters. The summed E-state index contributed by atoms with van der Waals surface area (Å²) in [6, 6.07) is 5.61. The number of hydrogen-bond donors (Lipinski definition) is 2. The van der Waals surface area contributed by atoms with E-state index < -0.39 is 0 Å². The molecule has 0 radical (unpaired) electrons. The number of amides is 2. The van der Waals surface area contributed by atoms with Crippen molar-refractivity contribution in [1.29, 1.82) is 0 Å². The van der Waals surface area contributed by atoms with Crippen molar-refractivity contribution in [3.63, 3.8) is 0 Å². The molecule has 0 aliphatic heterocycles. The van der Waals surface area contributed by atoms with E-state index in [1.54, 1.807) is 28.3 Å². The highest BCUT2D eigenvalue weighted by molar-refractivity contribution is 7.09. The van der Waals surface area contributed by atoms with E-state index in [1.165, 1.54) is 4.88 Å². The molecule has 0 bridgehead atoms. The molecule has 0 saturated heterocycles. The van der Waals surface area contributed by atoms with Crippen molar-refractivity contribution in [2.24, 2.45) is 0 Å². The lowest BCUT2D eigenvalue weighted by Crippen LogP contribution is -2.30. The molecule has 0 atom stereocenters. The van der Waals surface area contributed by atoms with E-state index in [-0.39, 0.29) is 6.03 Å². The summed E-state index contributed by atoms with van der Waals surface area (Å²) in [6.45, 7) is 5.06. The number of anilines is 1. The third-order valence-corrected chi connectivity index (χ3v) is 4.78. The van der Waals surface area contributed by atoms with Gasteiger partial charge in [-0.2, -0.15) is 5.10 Å². The lowest BCUT2D eigenvalue weighted by molar-refractivity contribution is 0.252. The van der Waals surface area contributed by atoms with Gasteiger partial charge in [-0.3, -0.25) is 5.32 Å². The van der Waals surface area contributed by atoms with Crippen LogP contribution in [0.2, 0.25) is 0 Å². The maximum Gasteiger partial charge on any atom is 0.320 e. The fourth-order valence-corrected chi connectivity index (χ4v) is 3.29. The molecule has 0 fully saturated rings. The van der Waals surface area contributed by atoms with E-state index in [0.29, 0.717) is 18.9 Å². The van der Waals surface area contributed by atoms with E-state index >= 15 is 0 Å². The fourth-order valence-electron chi connectivity index (χ4n) is 2.60. The van der Waals surface area contributed by atoms with E-state index in [9.17, 15) is 4.79 Å². The molecule has 7 nitrogen and oxygen atoms in total. The van der Waals surface area contributed by atoms with Crippen molar-refractivity contribution in [2.75, 3.05) is 11.9 Å². The largest absolute Gasteiger partial charge is 0.361 e. The number of urea groups is 1. The first-order valence-corrected chi connectivity index (χ1v) is 9.02. The molecule has 0 spiro atoms. The maximum atomic E-state index is 12.1. The Morgan fingerprint density at radius 3 is 2.96 bits per heavy atom.